The fourth-order valence-electron chi connectivity index (χ4n) is 3.91. The molecule has 36 heavy (non-hydrogen) atoms. The molecule has 0 radical (unpaired) electrons. The van der Waals surface area contributed by atoms with Gasteiger partial charge in [0, 0.05) is 42.3 Å². The number of methoxy groups -OCH3 is 1. The summed E-state index contributed by atoms with van der Waals surface area (Å²) in [6, 6.07) is 14.9. The van der Waals surface area contributed by atoms with Crippen LogP contribution in [-0.4, -0.2) is 41.7 Å². The van der Waals surface area contributed by atoms with Crippen LogP contribution >= 0.6 is 0 Å². The second-order valence-electron chi connectivity index (χ2n) is 8.41. The molecule has 1 aromatic heterocycles. The monoisotopic (exact) mass is 506 g/mol. The Morgan fingerprint density at radius 2 is 1.97 bits per heavy atom. The Balaban J connectivity index is 1.71. The number of aromatic nitrogens is 1. The molecule has 0 spiro atoms. The summed E-state index contributed by atoms with van der Waals surface area (Å²) in [4.78, 5) is 18.2. The number of anilines is 1. The highest BCUT2D eigenvalue weighted by molar-refractivity contribution is 7.91. The van der Waals surface area contributed by atoms with E-state index in [0.29, 0.717) is 40.9 Å². The van der Waals surface area contributed by atoms with E-state index in [9.17, 15) is 9.00 Å². The number of hydrogen-bond acceptors (Lipinski definition) is 8. The Hall–Kier alpha value is -3.94. The average Bonchev–Trinajstić information content (AvgIpc) is 2.89. The first-order chi connectivity index (χ1) is 17.3. The van der Waals surface area contributed by atoms with Crippen molar-refractivity contribution in [2.45, 2.75) is 23.7 Å². The number of nitriles is 1. The molecule has 1 aliphatic heterocycles. The molecule has 4 rings (SSSR count). The van der Waals surface area contributed by atoms with Crippen molar-refractivity contribution in [1.82, 2.24) is 4.98 Å². The molecular formula is C26H26N4O5S. The quantitative estimate of drug-likeness (QED) is 0.464. The molecule has 1 aliphatic rings. The molecule has 2 heterocycles. The minimum absolute atomic E-state index is 0.0715. The van der Waals surface area contributed by atoms with Crippen molar-refractivity contribution >= 4 is 21.3 Å². The van der Waals surface area contributed by atoms with Crippen molar-refractivity contribution in [3.8, 4) is 23.4 Å². The van der Waals surface area contributed by atoms with E-state index < -0.39 is 15.6 Å². The fourth-order valence-corrected chi connectivity index (χ4v) is 4.60. The molecular weight excluding hydrogens is 480 g/mol. The minimum atomic E-state index is -2.95. The van der Waals surface area contributed by atoms with Gasteiger partial charge in [-0.15, -0.1) is 0 Å². The van der Waals surface area contributed by atoms with Crippen molar-refractivity contribution < 1.29 is 23.2 Å². The molecule has 2 N–H and O–H groups in total. The van der Waals surface area contributed by atoms with Crippen molar-refractivity contribution in [1.29, 1.82) is 10.0 Å². The first kappa shape index (κ1) is 25.2. The molecule has 0 saturated carbocycles. The van der Waals surface area contributed by atoms with Crippen LogP contribution in [-0.2, 0) is 14.5 Å². The molecule has 1 unspecified atom stereocenters. The van der Waals surface area contributed by atoms with Crippen molar-refractivity contribution in [3.05, 3.63) is 71.4 Å². The van der Waals surface area contributed by atoms with Crippen LogP contribution < -0.4 is 14.8 Å². The zero-order valence-electron chi connectivity index (χ0n) is 19.9. The van der Waals surface area contributed by atoms with Gasteiger partial charge in [-0.1, -0.05) is 6.07 Å². The van der Waals surface area contributed by atoms with Crippen LogP contribution in [0.4, 0.5) is 5.69 Å². The van der Waals surface area contributed by atoms with Crippen LogP contribution in [0.1, 0.15) is 40.2 Å². The predicted octanol–water partition coefficient (Wildman–Crippen LogP) is 4.94. The van der Waals surface area contributed by atoms with Crippen LogP contribution in [0.3, 0.4) is 0 Å². The Morgan fingerprint density at radius 3 is 2.67 bits per heavy atom. The fraction of sp³-hybridized carbons (Fsp3) is 0.269. The average molecular weight is 507 g/mol. The third-order valence-corrected chi connectivity index (χ3v) is 7.00. The lowest BCUT2D eigenvalue weighted by molar-refractivity contribution is 0.0852. The maximum atomic E-state index is 13.4. The summed E-state index contributed by atoms with van der Waals surface area (Å²) in [5.74, 6) is 0.439. The Bertz CT molecular complexity index is 1430. The van der Waals surface area contributed by atoms with Gasteiger partial charge in [-0.2, -0.15) is 5.26 Å². The highest BCUT2D eigenvalue weighted by Gasteiger charge is 2.23. The number of ether oxygens (including phenoxy) is 3. The summed E-state index contributed by atoms with van der Waals surface area (Å²) in [6.07, 6.45) is 4.67. The summed E-state index contributed by atoms with van der Waals surface area (Å²) in [7, 11) is -1.48. The van der Waals surface area contributed by atoms with Gasteiger partial charge in [0.05, 0.1) is 28.5 Å². The molecule has 10 heteroatoms. The van der Waals surface area contributed by atoms with Crippen LogP contribution in [0, 0.1) is 16.1 Å². The van der Waals surface area contributed by atoms with E-state index in [0.717, 1.165) is 18.4 Å². The minimum Gasteiger partial charge on any atom is -0.493 e. The number of carbonyl (C=O) groups is 1. The number of nitrogens with one attached hydrogen (secondary N) is 2. The van der Waals surface area contributed by atoms with E-state index in [1.165, 1.54) is 19.4 Å². The van der Waals surface area contributed by atoms with Crippen LogP contribution in [0.5, 0.6) is 17.4 Å². The number of rotatable bonds is 7. The summed E-state index contributed by atoms with van der Waals surface area (Å²) in [6.45, 7) is 1.28. The summed E-state index contributed by atoms with van der Waals surface area (Å²) in [5.41, 5.74) is 1.91. The summed E-state index contributed by atoms with van der Waals surface area (Å²) >= 11 is 0. The van der Waals surface area contributed by atoms with E-state index >= 15 is 0 Å². The lowest BCUT2D eigenvalue weighted by atomic mass is 9.92. The standard InChI is InChI=1S/C26H26N4O5S/c1-33-24-12-17(15-27)6-7-23(24)35-26-22(13-19(16-29-26)18-8-10-34-11-9-18)25(31)30-20-4-3-5-21(14-20)36(2,28)32/h3-7,12-14,16,18,28H,8-11H2,1-2H3,(H,30,31). The SMILES string of the molecule is COc1cc(C#N)ccc1Oc1ncc(C2CCOCC2)cc1C(=O)Nc1cccc(S(C)(=N)=O)c1. The number of amides is 1. The van der Waals surface area contributed by atoms with Crippen molar-refractivity contribution in [2.24, 2.45) is 0 Å². The third-order valence-electron chi connectivity index (χ3n) is 5.85. The maximum absolute atomic E-state index is 13.4. The lowest BCUT2D eigenvalue weighted by Gasteiger charge is -2.23. The molecule has 9 nitrogen and oxygen atoms in total. The van der Waals surface area contributed by atoms with Crippen LogP contribution in [0.2, 0.25) is 0 Å². The highest BCUT2D eigenvalue weighted by atomic mass is 32.2. The van der Waals surface area contributed by atoms with Gasteiger partial charge < -0.3 is 19.5 Å². The molecule has 3 aromatic rings. The van der Waals surface area contributed by atoms with Gasteiger partial charge in [-0.05, 0) is 60.7 Å². The molecule has 1 fully saturated rings. The second-order valence-corrected chi connectivity index (χ2v) is 10.6. The predicted molar refractivity (Wildman–Crippen MR) is 134 cm³/mol. The van der Waals surface area contributed by atoms with Crippen LogP contribution in [0.25, 0.3) is 0 Å². The number of benzene rings is 2. The number of pyridine rings is 1. The second kappa shape index (κ2) is 10.8. The third kappa shape index (κ3) is 5.82. The molecule has 1 atom stereocenters. The van der Waals surface area contributed by atoms with Crippen LogP contribution in [0.15, 0.2) is 59.6 Å². The Labute approximate surface area is 210 Å². The van der Waals surface area contributed by atoms with E-state index in [4.69, 9.17) is 24.3 Å². The molecule has 0 bridgehead atoms. The van der Waals surface area contributed by atoms with E-state index in [1.54, 1.807) is 48.7 Å². The summed E-state index contributed by atoms with van der Waals surface area (Å²) in [5, 5.41) is 12.0. The number of nitrogens with zero attached hydrogens (tertiary/aromatic N) is 2. The highest BCUT2D eigenvalue weighted by Crippen LogP contribution is 2.35. The molecule has 186 valence electrons. The molecule has 2 aromatic carbocycles. The Morgan fingerprint density at radius 1 is 1.19 bits per heavy atom. The largest absolute Gasteiger partial charge is 0.493 e. The van der Waals surface area contributed by atoms with Gasteiger partial charge >= 0.3 is 0 Å². The summed E-state index contributed by atoms with van der Waals surface area (Å²) < 4.78 is 36.8. The van der Waals surface area contributed by atoms with Gasteiger partial charge in [-0.3, -0.25) is 4.79 Å². The topological polar surface area (TPSA) is 134 Å². The van der Waals surface area contributed by atoms with Crippen molar-refractivity contribution in [2.75, 3.05) is 31.9 Å². The molecule has 0 aliphatic carbocycles. The maximum Gasteiger partial charge on any atom is 0.261 e. The van der Waals surface area contributed by atoms with E-state index in [1.807, 2.05) is 6.07 Å². The molecule has 1 saturated heterocycles. The Kier molecular flexibility index (Phi) is 7.52. The first-order valence-corrected chi connectivity index (χ1v) is 13.2. The van der Waals surface area contributed by atoms with Crippen molar-refractivity contribution in [3.63, 3.8) is 0 Å². The van der Waals surface area contributed by atoms with Gasteiger partial charge in [-0.25, -0.2) is 14.0 Å². The van der Waals surface area contributed by atoms with Gasteiger partial charge in [0.2, 0.25) is 5.88 Å². The van der Waals surface area contributed by atoms with Gasteiger partial charge in [0.15, 0.2) is 11.5 Å². The lowest BCUT2D eigenvalue weighted by Crippen LogP contribution is -2.17. The van der Waals surface area contributed by atoms with E-state index in [2.05, 4.69) is 10.3 Å². The zero-order valence-corrected chi connectivity index (χ0v) is 20.8. The zero-order chi connectivity index (χ0) is 25.7. The van der Waals surface area contributed by atoms with Gasteiger partial charge in [0.25, 0.3) is 5.91 Å². The van der Waals surface area contributed by atoms with Gasteiger partial charge in [0.1, 0.15) is 5.56 Å². The smallest absolute Gasteiger partial charge is 0.261 e. The first-order valence-electron chi connectivity index (χ1n) is 11.3. The van der Waals surface area contributed by atoms with E-state index in [-0.39, 0.29) is 17.4 Å². The molecule has 1 amide bonds. The normalized spacial score (nSPS) is 15.4. The number of carbonyl (C=O) groups excluding carboxylic acids is 1. The number of hydrogen-bond donors (Lipinski definition) is 2.